The van der Waals surface area contributed by atoms with Crippen molar-refractivity contribution in [3.63, 3.8) is 0 Å². The highest BCUT2D eigenvalue weighted by Gasteiger charge is 2.26. The van der Waals surface area contributed by atoms with Gasteiger partial charge in [-0.25, -0.2) is 0 Å². The van der Waals surface area contributed by atoms with Crippen LogP contribution in [0.1, 0.15) is 43.1 Å². The van der Waals surface area contributed by atoms with Gasteiger partial charge in [-0.2, -0.15) is 0 Å². The van der Waals surface area contributed by atoms with Gasteiger partial charge in [0.2, 0.25) is 0 Å². The molecule has 0 aliphatic rings. The van der Waals surface area contributed by atoms with Gasteiger partial charge >= 0.3 is 0 Å². The van der Waals surface area contributed by atoms with E-state index in [0.717, 1.165) is 17.2 Å². The topological polar surface area (TPSA) is 80.9 Å². The number of hydrogen-bond donors (Lipinski definition) is 2. The standard InChI is InChI=1S/C10H18N4OS/c1-6(5-11)12-9(15)7-8(10(2,3)4)13-14-16-7/h6H,5,11H2,1-4H3,(H,12,15)/t6-/m1/s1. The summed E-state index contributed by atoms with van der Waals surface area (Å²) in [6.45, 7) is 8.30. The van der Waals surface area contributed by atoms with E-state index in [1.807, 2.05) is 27.7 Å². The molecule has 3 N–H and O–H groups in total. The SMILES string of the molecule is C[C@H](CN)NC(=O)c1snnc1C(C)(C)C. The van der Waals surface area contributed by atoms with E-state index >= 15 is 0 Å². The highest BCUT2D eigenvalue weighted by molar-refractivity contribution is 7.08. The van der Waals surface area contributed by atoms with E-state index in [0.29, 0.717) is 11.4 Å². The minimum absolute atomic E-state index is 0.0394. The van der Waals surface area contributed by atoms with Gasteiger partial charge in [0.05, 0.1) is 5.69 Å². The van der Waals surface area contributed by atoms with E-state index in [-0.39, 0.29) is 17.4 Å². The summed E-state index contributed by atoms with van der Waals surface area (Å²) in [7, 11) is 0. The third-order valence-electron chi connectivity index (χ3n) is 2.14. The van der Waals surface area contributed by atoms with E-state index in [1.165, 1.54) is 0 Å². The highest BCUT2D eigenvalue weighted by atomic mass is 32.1. The quantitative estimate of drug-likeness (QED) is 0.825. The first-order chi connectivity index (χ1) is 7.36. The van der Waals surface area contributed by atoms with Crippen molar-refractivity contribution in [3.05, 3.63) is 10.6 Å². The molecule has 1 amide bonds. The molecule has 90 valence electrons. The zero-order valence-electron chi connectivity index (χ0n) is 10.1. The number of aromatic nitrogens is 2. The summed E-state index contributed by atoms with van der Waals surface area (Å²) in [5, 5.41) is 6.83. The van der Waals surface area contributed by atoms with Crippen molar-refractivity contribution in [3.8, 4) is 0 Å². The van der Waals surface area contributed by atoms with Crippen molar-refractivity contribution >= 4 is 17.4 Å². The number of nitrogens with zero attached hydrogens (tertiary/aromatic N) is 2. The number of rotatable bonds is 3. The number of carbonyl (C=O) groups excluding carboxylic acids is 1. The Balaban J connectivity index is 2.89. The van der Waals surface area contributed by atoms with Gasteiger partial charge in [0.15, 0.2) is 0 Å². The lowest BCUT2D eigenvalue weighted by Crippen LogP contribution is -2.38. The molecule has 0 fully saturated rings. The van der Waals surface area contributed by atoms with Crippen molar-refractivity contribution in [1.82, 2.24) is 14.9 Å². The first kappa shape index (κ1) is 13.1. The molecule has 6 heteroatoms. The van der Waals surface area contributed by atoms with Gasteiger partial charge < -0.3 is 11.1 Å². The predicted octanol–water partition coefficient (Wildman–Crippen LogP) is 0.913. The molecule has 0 bridgehead atoms. The van der Waals surface area contributed by atoms with Crippen LogP contribution >= 0.6 is 11.5 Å². The Labute approximate surface area is 99.6 Å². The normalized spacial score (nSPS) is 13.6. The minimum Gasteiger partial charge on any atom is -0.348 e. The smallest absolute Gasteiger partial charge is 0.265 e. The van der Waals surface area contributed by atoms with Crippen molar-refractivity contribution in [2.75, 3.05) is 6.54 Å². The summed E-state index contributed by atoms with van der Waals surface area (Å²) in [6, 6.07) is -0.0394. The first-order valence-electron chi connectivity index (χ1n) is 5.20. The van der Waals surface area contributed by atoms with Crippen molar-refractivity contribution in [1.29, 1.82) is 0 Å². The molecule has 0 saturated heterocycles. The Kier molecular flexibility index (Phi) is 3.98. The van der Waals surface area contributed by atoms with E-state index in [1.54, 1.807) is 0 Å². The fourth-order valence-corrected chi connectivity index (χ4v) is 1.96. The summed E-state index contributed by atoms with van der Waals surface area (Å²) >= 11 is 1.12. The molecule has 16 heavy (non-hydrogen) atoms. The molecular weight excluding hydrogens is 224 g/mol. The molecule has 0 spiro atoms. The predicted molar refractivity (Wildman–Crippen MR) is 64.6 cm³/mol. The van der Waals surface area contributed by atoms with Gasteiger partial charge in [-0.1, -0.05) is 25.3 Å². The lowest BCUT2D eigenvalue weighted by Gasteiger charge is -2.17. The number of nitrogens with one attached hydrogen (secondary N) is 1. The number of nitrogens with two attached hydrogens (primary N) is 1. The number of amides is 1. The maximum absolute atomic E-state index is 11.9. The molecular formula is C10H18N4OS. The molecule has 0 radical (unpaired) electrons. The van der Waals surface area contributed by atoms with Crippen LogP contribution in [0.15, 0.2) is 0 Å². The summed E-state index contributed by atoms with van der Waals surface area (Å²) in [6.07, 6.45) is 0. The molecule has 0 aromatic carbocycles. The van der Waals surface area contributed by atoms with Crippen LogP contribution in [0.3, 0.4) is 0 Å². The molecule has 1 heterocycles. The average Bonchev–Trinajstić information content (AvgIpc) is 2.65. The maximum atomic E-state index is 11.9. The third kappa shape index (κ3) is 2.99. The summed E-state index contributed by atoms with van der Waals surface area (Å²) < 4.78 is 3.84. The molecule has 0 aliphatic heterocycles. The Bertz CT molecular complexity index is 369. The van der Waals surface area contributed by atoms with Gasteiger partial charge in [-0.3, -0.25) is 4.79 Å². The average molecular weight is 242 g/mol. The zero-order chi connectivity index (χ0) is 12.3. The Hall–Kier alpha value is -1.01. The van der Waals surface area contributed by atoms with Gasteiger partial charge in [0.1, 0.15) is 4.88 Å². The minimum atomic E-state index is -0.175. The van der Waals surface area contributed by atoms with Crippen LogP contribution in [-0.4, -0.2) is 28.1 Å². The highest BCUT2D eigenvalue weighted by Crippen LogP contribution is 2.25. The Morgan fingerprint density at radius 1 is 1.56 bits per heavy atom. The van der Waals surface area contributed by atoms with Crippen LogP contribution in [0.2, 0.25) is 0 Å². The van der Waals surface area contributed by atoms with E-state index < -0.39 is 0 Å². The van der Waals surface area contributed by atoms with Crippen molar-refractivity contribution < 1.29 is 4.79 Å². The zero-order valence-corrected chi connectivity index (χ0v) is 10.9. The second-order valence-electron chi connectivity index (χ2n) is 4.81. The molecule has 1 aromatic heterocycles. The molecule has 0 unspecified atom stereocenters. The summed E-state index contributed by atoms with van der Waals surface area (Å²) in [5.74, 6) is -0.141. The van der Waals surface area contributed by atoms with Gasteiger partial charge in [-0.05, 0) is 18.5 Å². The van der Waals surface area contributed by atoms with E-state index in [2.05, 4.69) is 14.9 Å². The van der Waals surface area contributed by atoms with Gasteiger partial charge in [-0.15, -0.1) is 5.10 Å². The maximum Gasteiger partial charge on any atom is 0.265 e. The fourth-order valence-electron chi connectivity index (χ4n) is 1.18. The first-order valence-corrected chi connectivity index (χ1v) is 5.97. The summed E-state index contributed by atoms with van der Waals surface area (Å²) in [5.41, 5.74) is 6.02. The lowest BCUT2D eigenvalue weighted by atomic mass is 9.91. The Morgan fingerprint density at radius 2 is 2.19 bits per heavy atom. The van der Waals surface area contributed by atoms with Gasteiger partial charge in [0.25, 0.3) is 5.91 Å². The lowest BCUT2D eigenvalue weighted by molar-refractivity contribution is 0.0943. The molecule has 0 aliphatic carbocycles. The van der Waals surface area contributed by atoms with Crippen LogP contribution in [0, 0.1) is 0 Å². The van der Waals surface area contributed by atoms with Crippen molar-refractivity contribution in [2.45, 2.75) is 39.2 Å². The second kappa shape index (κ2) is 4.88. The van der Waals surface area contributed by atoms with Crippen LogP contribution in [0.25, 0.3) is 0 Å². The molecule has 1 aromatic rings. The van der Waals surface area contributed by atoms with Crippen LogP contribution in [0.5, 0.6) is 0 Å². The third-order valence-corrected chi connectivity index (χ3v) is 2.86. The number of hydrogen-bond acceptors (Lipinski definition) is 5. The van der Waals surface area contributed by atoms with Crippen LogP contribution in [0.4, 0.5) is 0 Å². The molecule has 1 atom stereocenters. The monoisotopic (exact) mass is 242 g/mol. The molecule has 0 saturated carbocycles. The second-order valence-corrected chi connectivity index (χ2v) is 5.57. The largest absolute Gasteiger partial charge is 0.348 e. The van der Waals surface area contributed by atoms with E-state index in [9.17, 15) is 4.79 Å². The molecule has 1 rings (SSSR count). The summed E-state index contributed by atoms with van der Waals surface area (Å²) in [4.78, 5) is 12.5. The van der Waals surface area contributed by atoms with Crippen LogP contribution < -0.4 is 11.1 Å². The van der Waals surface area contributed by atoms with Crippen molar-refractivity contribution in [2.24, 2.45) is 5.73 Å². The fraction of sp³-hybridized carbons (Fsp3) is 0.700. The van der Waals surface area contributed by atoms with Crippen LogP contribution in [-0.2, 0) is 5.41 Å². The van der Waals surface area contributed by atoms with E-state index in [4.69, 9.17) is 5.73 Å². The van der Waals surface area contributed by atoms with Gasteiger partial charge in [0, 0.05) is 18.0 Å². The molecule has 5 nitrogen and oxygen atoms in total. The number of carbonyl (C=O) groups is 1. The Morgan fingerprint density at radius 3 is 2.69 bits per heavy atom.